The van der Waals surface area contributed by atoms with Crippen LogP contribution < -0.4 is 5.32 Å². The summed E-state index contributed by atoms with van der Waals surface area (Å²) in [5.41, 5.74) is 0. The standard InChI is InChI=1S/C9H15NO/c11-9-5-1-2-6(9)8-4-10-3-7(5)8/h5-11H,1-4H2/t5-,6-,7-,8+,9?/m0/s1. The molecule has 11 heavy (non-hydrogen) atoms. The Morgan fingerprint density at radius 2 is 1.45 bits per heavy atom. The summed E-state index contributed by atoms with van der Waals surface area (Å²) in [7, 11) is 0. The van der Waals surface area contributed by atoms with Gasteiger partial charge in [-0.1, -0.05) is 0 Å². The van der Waals surface area contributed by atoms with Gasteiger partial charge in [0.25, 0.3) is 0 Å². The summed E-state index contributed by atoms with van der Waals surface area (Å²) in [5.74, 6) is 2.95. The second-order valence-corrected chi connectivity index (χ2v) is 4.38. The van der Waals surface area contributed by atoms with Crippen molar-refractivity contribution in [3.63, 3.8) is 0 Å². The highest BCUT2D eigenvalue weighted by atomic mass is 16.3. The van der Waals surface area contributed by atoms with Crippen LogP contribution in [0.2, 0.25) is 0 Å². The molecule has 3 fully saturated rings. The molecule has 2 bridgehead atoms. The second kappa shape index (κ2) is 1.99. The van der Waals surface area contributed by atoms with E-state index in [0.717, 1.165) is 11.8 Å². The highest BCUT2D eigenvalue weighted by Crippen LogP contribution is 2.53. The lowest BCUT2D eigenvalue weighted by Gasteiger charge is -2.21. The van der Waals surface area contributed by atoms with E-state index in [9.17, 15) is 5.11 Å². The monoisotopic (exact) mass is 153 g/mol. The predicted molar refractivity (Wildman–Crippen MR) is 42.1 cm³/mol. The van der Waals surface area contributed by atoms with Gasteiger partial charge in [0, 0.05) is 0 Å². The van der Waals surface area contributed by atoms with Crippen LogP contribution in [0.5, 0.6) is 0 Å². The average molecular weight is 153 g/mol. The van der Waals surface area contributed by atoms with Crippen LogP contribution in [0.4, 0.5) is 0 Å². The first-order valence-corrected chi connectivity index (χ1v) is 4.76. The van der Waals surface area contributed by atoms with Crippen LogP contribution in [0.1, 0.15) is 12.8 Å². The lowest BCUT2D eigenvalue weighted by molar-refractivity contribution is 0.115. The lowest BCUT2D eigenvalue weighted by atomic mass is 9.82. The molecule has 5 atom stereocenters. The van der Waals surface area contributed by atoms with E-state index >= 15 is 0 Å². The maximum Gasteiger partial charge on any atom is 0.0603 e. The fraction of sp³-hybridized carbons (Fsp3) is 1.00. The summed E-state index contributed by atoms with van der Waals surface area (Å²) < 4.78 is 0. The third kappa shape index (κ3) is 0.651. The van der Waals surface area contributed by atoms with Crippen LogP contribution in [0.25, 0.3) is 0 Å². The molecule has 0 aromatic heterocycles. The second-order valence-electron chi connectivity index (χ2n) is 4.38. The molecule has 3 aliphatic rings. The van der Waals surface area contributed by atoms with E-state index in [1.807, 2.05) is 0 Å². The van der Waals surface area contributed by atoms with Crippen molar-refractivity contribution >= 4 is 0 Å². The van der Waals surface area contributed by atoms with E-state index in [0.29, 0.717) is 11.8 Å². The molecule has 1 heterocycles. The molecule has 2 saturated carbocycles. The van der Waals surface area contributed by atoms with E-state index in [4.69, 9.17) is 0 Å². The van der Waals surface area contributed by atoms with Crippen LogP contribution in [-0.4, -0.2) is 24.3 Å². The van der Waals surface area contributed by atoms with Crippen LogP contribution in [0, 0.1) is 23.7 Å². The molecule has 0 spiro atoms. The number of aliphatic hydroxyl groups is 1. The van der Waals surface area contributed by atoms with Gasteiger partial charge in [0.15, 0.2) is 0 Å². The largest absolute Gasteiger partial charge is 0.393 e. The Hall–Kier alpha value is -0.0800. The zero-order valence-electron chi connectivity index (χ0n) is 6.66. The van der Waals surface area contributed by atoms with Crippen molar-refractivity contribution in [3.8, 4) is 0 Å². The zero-order chi connectivity index (χ0) is 7.42. The summed E-state index contributed by atoms with van der Waals surface area (Å²) in [6.07, 6.45) is 2.63. The minimum absolute atomic E-state index is 0.0621. The molecule has 2 heteroatoms. The van der Waals surface area contributed by atoms with Crippen molar-refractivity contribution in [1.82, 2.24) is 5.32 Å². The number of aliphatic hydroxyl groups excluding tert-OH is 1. The number of nitrogens with one attached hydrogen (secondary N) is 1. The third-order valence-corrected chi connectivity index (χ3v) is 4.12. The molecule has 0 amide bonds. The molecule has 1 aliphatic heterocycles. The summed E-state index contributed by atoms with van der Waals surface area (Å²) >= 11 is 0. The Labute approximate surface area is 67.0 Å². The Bertz CT molecular complexity index is 155. The highest BCUT2D eigenvalue weighted by Gasteiger charge is 2.55. The molecule has 3 rings (SSSR count). The van der Waals surface area contributed by atoms with Gasteiger partial charge in [0.05, 0.1) is 6.10 Å². The first kappa shape index (κ1) is 6.44. The van der Waals surface area contributed by atoms with Crippen LogP contribution in [0.15, 0.2) is 0 Å². The van der Waals surface area contributed by atoms with Crippen LogP contribution in [0.3, 0.4) is 0 Å². The summed E-state index contributed by atoms with van der Waals surface area (Å²) in [5, 5.41) is 13.2. The van der Waals surface area contributed by atoms with Crippen molar-refractivity contribution in [3.05, 3.63) is 0 Å². The lowest BCUT2D eigenvalue weighted by Crippen LogP contribution is -2.21. The van der Waals surface area contributed by atoms with E-state index in [1.54, 1.807) is 0 Å². The van der Waals surface area contributed by atoms with Crippen LogP contribution >= 0.6 is 0 Å². The summed E-state index contributed by atoms with van der Waals surface area (Å²) in [6, 6.07) is 0. The fourth-order valence-corrected chi connectivity index (χ4v) is 3.64. The molecular formula is C9H15NO. The van der Waals surface area contributed by atoms with Gasteiger partial charge >= 0.3 is 0 Å². The van der Waals surface area contributed by atoms with Gasteiger partial charge < -0.3 is 10.4 Å². The first-order valence-electron chi connectivity index (χ1n) is 4.76. The van der Waals surface area contributed by atoms with E-state index in [-0.39, 0.29) is 6.10 Å². The minimum Gasteiger partial charge on any atom is -0.393 e. The topological polar surface area (TPSA) is 32.3 Å². The normalized spacial score (nSPS) is 60.3. The predicted octanol–water partition coefficient (Wildman–Crippen LogP) is 0.223. The number of fused-ring (bicyclic) bond motifs is 5. The van der Waals surface area contributed by atoms with Gasteiger partial charge in [-0.05, 0) is 49.6 Å². The molecule has 2 nitrogen and oxygen atoms in total. The summed E-state index contributed by atoms with van der Waals surface area (Å²) in [6.45, 7) is 2.34. The Kier molecular flexibility index (Phi) is 1.16. The smallest absolute Gasteiger partial charge is 0.0603 e. The molecule has 0 aromatic rings. The van der Waals surface area contributed by atoms with Gasteiger partial charge in [0.2, 0.25) is 0 Å². The van der Waals surface area contributed by atoms with E-state index in [2.05, 4.69) is 5.32 Å². The first-order chi connectivity index (χ1) is 5.38. The van der Waals surface area contributed by atoms with Crippen LogP contribution in [-0.2, 0) is 0 Å². The zero-order valence-corrected chi connectivity index (χ0v) is 6.66. The maximum atomic E-state index is 9.81. The fourth-order valence-electron chi connectivity index (χ4n) is 3.64. The SMILES string of the molecule is OC1[C@H]2CC[C@H]1[C@H]1CNC[C@H]12. The van der Waals surface area contributed by atoms with E-state index < -0.39 is 0 Å². The minimum atomic E-state index is 0.0621. The van der Waals surface area contributed by atoms with Crippen molar-refractivity contribution in [2.75, 3.05) is 13.1 Å². The molecule has 0 aromatic carbocycles. The molecule has 1 unspecified atom stereocenters. The Balaban J connectivity index is 1.94. The highest BCUT2D eigenvalue weighted by molar-refractivity contribution is 5.06. The van der Waals surface area contributed by atoms with Gasteiger partial charge in [0.1, 0.15) is 0 Å². The van der Waals surface area contributed by atoms with Gasteiger partial charge in [-0.15, -0.1) is 0 Å². The van der Waals surface area contributed by atoms with Crippen molar-refractivity contribution in [1.29, 1.82) is 0 Å². The average Bonchev–Trinajstić information content (AvgIpc) is 2.61. The van der Waals surface area contributed by atoms with Crippen molar-refractivity contribution < 1.29 is 5.11 Å². The van der Waals surface area contributed by atoms with Crippen molar-refractivity contribution in [2.45, 2.75) is 18.9 Å². The number of hydrogen-bond acceptors (Lipinski definition) is 2. The third-order valence-electron chi connectivity index (χ3n) is 4.12. The quantitative estimate of drug-likeness (QED) is 0.522. The maximum absolute atomic E-state index is 9.81. The van der Waals surface area contributed by atoms with Gasteiger partial charge in [-0.2, -0.15) is 0 Å². The van der Waals surface area contributed by atoms with Gasteiger partial charge in [-0.3, -0.25) is 0 Å². The molecule has 2 N–H and O–H groups in total. The number of hydrogen-bond donors (Lipinski definition) is 2. The molecule has 0 radical (unpaired) electrons. The summed E-state index contributed by atoms with van der Waals surface area (Å²) in [4.78, 5) is 0. The molecule has 1 saturated heterocycles. The Morgan fingerprint density at radius 3 is 2.00 bits per heavy atom. The molecule has 62 valence electrons. The molecule has 2 aliphatic carbocycles. The number of rotatable bonds is 0. The van der Waals surface area contributed by atoms with Gasteiger partial charge in [-0.25, -0.2) is 0 Å². The Morgan fingerprint density at radius 1 is 0.909 bits per heavy atom. The van der Waals surface area contributed by atoms with E-state index in [1.165, 1.54) is 25.9 Å². The molecular weight excluding hydrogens is 138 g/mol. The van der Waals surface area contributed by atoms with Crippen molar-refractivity contribution in [2.24, 2.45) is 23.7 Å².